The lowest BCUT2D eigenvalue weighted by molar-refractivity contribution is -0.384. The molecule has 3 N–H and O–H groups in total. The van der Waals surface area contributed by atoms with Crippen LogP contribution in [-0.2, 0) is 26.3 Å². The zero-order valence-electron chi connectivity index (χ0n) is 18.7. The molecule has 0 spiro atoms. The van der Waals surface area contributed by atoms with E-state index in [2.05, 4.69) is 12.6 Å². The van der Waals surface area contributed by atoms with Gasteiger partial charge in [-0.15, -0.1) is 0 Å². The van der Waals surface area contributed by atoms with Crippen molar-refractivity contribution in [3.8, 4) is 0 Å². The lowest BCUT2D eigenvalue weighted by atomic mass is 9.97. The molecule has 0 saturated carbocycles. The molecule has 12 nitrogen and oxygen atoms in total. The van der Waals surface area contributed by atoms with Gasteiger partial charge in [0, 0.05) is 36.5 Å². The topological polar surface area (TPSA) is 173 Å². The molecule has 2 fully saturated rings. The molecule has 2 amide bonds. The molecule has 36 heavy (non-hydrogen) atoms. The fraction of sp³-hybridized carbons (Fsp3) is 0.579. The van der Waals surface area contributed by atoms with E-state index < -0.39 is 26.6 Å². The number of thiol groups is 1. The number of nitro groups is 1. The highest BCUT2D eigenvalue weighted by Crippen LogP contribution is 2.33. The number of hydrogen-bond donors (Lipinski definition) is 3. The number of halogens is 3. The number of hydrogen-bond acceptors (Lipinski definition) is 9. The van der Waals surface area contributed by atoms with Gasteiger partial charge in [0.05, 0.1) is 11.5 Å². The molecule has 3 atom stereocenters. The van der Waals surface area contributed by atoms with Crippen LogP contribution in [0.1, 0.15) is 18.4 Å². The van der Waals surface area contributed by atoms with Crippen LogP contribution < -0.4 is 5.73 Å². The lowest BCUT2D eigenvalue weighted by Crippen LogP contribution is -2.42. The van der Waals surface area contributed by atoms with Crippen LogP contribution in [0.5, 0.6) is 0 Å². The van der Waals surface area contributed by atoms with E-state index in [4.69, 9.17) is 23.4 Å². The van der Waals surface area contributed by atoms with Crippen LogP contribution in [0.25, 0.3) is 0 Å². The van der Waals surface area contributed by atoms with Crippen LogP contribution in [-0.4, -0.2) is 82.7 Å². The molecule has 2 heterocycles. The van der Waals surface area contributed by atoms with Crippen molar-refractivity contribution in [3.63, 3.8) is 0 Å². The first-order valence-electron chi connectivity index (χ1n) is 10.5. The van der Waals surface area contributed by atoms with Crippen molar-refractivity contribution in [2.75, 3.05) is 26.2 Å². The molecule has 0 aliphatic carbocycles. The van der Waals surface area contributed by atoms with Crippen LogP contribution >= 0.6 is 12.6 Å². The highest BCUT2D eigenvalue weighted by atomic mass is 32.2. The number of primary amides is 1. The van der Waals surface area contributed by atoms with Crippen LogP contribution in [0.15, 0.2) is 24.3 Å². The summed E-state index contributed by atoms with van der Waals surface area (Å²) in [6.07, 6.45) is 1.27. The zero-order chi connectivity index (χ0) is 27.3. The Balaban J connectivity index is 0.000000493. The van der Waals surface area contributed by atoms with Crippen molar-refractivity contribution in [1.29, 1.82) is 0 Å². The Morgan fingerprint density at radius 3 is 2.33 bits per heavy atom. The Hall–Kier alpha value is -2.63. The predicted molar refractivity (Wildman–Crippen MR) is 123 cm³/mol. The summed E-state index contributed by atoms with van der Waals surface area (Å²) in [6.45, 7) is 2.31. The quantitative estimate of drug-likeness (QED) is 0.155. The number of nitrogens with two attached hydrogens (primary N) is 1. The van der Waals surface area contributed by atoms with E-state index in [0.29, 0.717) is 12.1 Å². The fourth-order valence-electron chi connectivity index (χ4n) is 3.98. The van der Waals surface area contributed by atoms with Gasteiger partial charge in [-0.25, -0.2) is 4.79 Å². The van der Waals surface area contributed by atoms with Crippen LogP contribution in [0.4, 0.5) is 23.7 Å². The van der Waals surface area contributed by atoms with Gasteiger partial charge in [-0.05, 0) is 43.0 Å². The first-order valence-corrected chi connectivity index (χ1v) is 12.4. The van der Waals surface area contributed by atoms with Gasteiger partial charge in [-0.1, -0.05) is 0 Å². The van der Waals surface area contributed by atoms with E-state index >= 15 is 0 Å². The molecule has 0 bridgehead atoms. The molecule has 1 unspecified atom stereocenters. The number of benzene rings is 1. The standard InChI is InChI=1S/C18H24N4O5S.CHF3O3S/c19-17(23)10-20-6-5-13(8-20)16-7-15(28)9-21(16)18(24)27-11-12-1-3-14(4-2-12)22(25)26;2-1(3,4)8(5,6)7/h1-4,13,15-16,28H,5-11H2,(H2,19,23);(H,5,6,7)/t13?,15-,16-;/m0./s1. The molecule has 202 valence electrons. The number of amides is 2. The molecular formula is C19H25F3N4O8S2. The van der Waals surface area contributed by atoms with Gasteiger partial charge in [0.2, 0.25) is 5.91 Å². The average molecular weight is 559 g/mol. The van der Waals surface area contributed by atoms with E-state index in [1.165, 1.54) is 12.1 Å². The summed E-state index contributed by atoms with van der Waals surface area (Å²) in [7, 11) is -5.84. The average Bonchev–Trinajstić information content (AvgIpc) is 3.37. The first kappa shape index (κ1) is 29.6. The summed E-state index contributed by atoms with van der Waals surface area (Å²) in [5.74, 6) is -0.0954. The third kappa shape index (κ3) is 8.49. The summed E-state index contributed by atoms with van der Waals surface area (Å²) in [6, 6.07) is 5.94. The first-order chi connectivity index (χ1) is 16.6. The normalized spacial score (nSPS) is 22.6. The Bertz CT molecular complexity index is 1060. The maximum Gasteiger partial charge on any atom is 0.522 e. The van der Waals surface area contributed by atoms with E-state index in [0.717, 1.165) is 25.9 Å². The lowest BCUT2D eigenvalue weighted by Gasteiger charge is -2.28. The van der Waals surface area contributed by atoms with Gasteiger partial charge in [-0.2, -0.15) is 34.2 Å². The minimum Gasteiger partial charge on any atom is -0.445 e. The number of ether oxygens (including phenoxy) is 1. The molecule has 1 aromatic rings. The smallest absolute Gasteiger partial charge is 0.445 e. The maximum absolute atomic E-state index is 12.6. The van der Waals surface area contributed by atoms with Crippen molar-refractivity contribution in [1.82, 2.24) is 9.80 Å². The van der Waals surface area contributed by atoms with Gasteiger partial charge >= 0.3 is 21.7 Å². The van der Waals surface area contributed by atoms with Crippen LogP contribution in [0.3, 0.4) is 0 Å². The summed E-state index contributed by atoms with van der Waals surface area (Å²) in [4.78, 5) is 37.7. The van der Waals surface area contributed by atoms with Gasteiger partial charge < -0.3 is 15.4 Å². The molecule has 1 aromatic carbocycles. The van der Waals surface area contributed by atoms with E-state index in [-0.39, 0.29) is 42.0 Å². The molecule has 2 aliphatic heterocycles. The number of carbonyl (C=O) groups is 2. The van der Waals surface area contributed by atoms with Crippen molar-refractivity contribution in [2.24, 2.45) is 11.7 Å². The molecular weight excluding hydrogens is 533 g/mol. The van der Waals surface area contributed by atoms with Crippen molar-refractivity contribution >= 4 is 40.4 Å². The molecule has 2 aliphatic rings. The Kier molecular flexibility index (Phi) is 9.93. The molecule has 3 rings (SSSR count). The number of non-ortho nitro benzene ring substituents is 1. The molecule has 2 saturated heterocycles. The molecule has 0 radical (unpaired) electrons. The Labute approximate surface area is 209 Å². The third-order valence-corrected chi connectivity index (χ3v) is 6.55. The second-order valence-electron chi connectivity index (χ2n) is 8.26. The van der Waals surface area contributed by atoms with Crippen LogP contribution in [0, 0.1) is 16.0 Å². The van der Waals surface area contributed by atoms with E-state index in [1.54, 1.807) is 17.0 Å². The second-order valence-corrected chi connectivity index (χ2v) is 10.4. The van der Waals surface area contributed by atoms with Crippen molar-refractivity contribution in [2.45, 2.75) is 36.2 Å². The summed E-state index contributed by atoms with van der Waals surface area (Å²) >= 11 is 4.54. The monoisotopic (exact) mass is 558 g/mol. The van der Waals surface area contributed by atoms with Gasteiger partial charge in [0.15, 0.2) is 0 Å². The van der Waals surface area contributed by atoms with Crippen molar-refractivity contribution in [3.05, 3.63) is 39.9 Å². The maximum atomic E-state index is 12.6. The minimum atomic E-state index is -5.84. The van der Waals surface area contributed by atoms with Gasteiger partial charge in [0.25, 0.3) is 5.69 Å². The van der Waals surface area contributed by atoms with Gasteiger partial charge in [0.1, 0.15) is 6.61 Å². The number of likely N-dealkylation sites (tertiary alicyclic amines) is 2. The predicted octanol–water partition coefficient (Wildman–Crippen LogP) is 1.81. The second kappa shape index (κ2) is 12.1. The Morgan fingerprint density at radius 1 is 1.25 bits per heavy atom. The largest absolute Gasteiger partial charge is 0.522 e. The summed E-state index contributed by atoms with van der Waals surface area (Å²) < 4.78 is 63.0. The number of alkyl halides is 3. The van der Waals surface area contributed by atoms with Gasteiger partial charge in [-0.3, -0.25) is 24.4 Å². The highest BCUT2D eigenvalue weighted by Gasteiger charge is 2.44. The van der Waals surface area contributed by atoms with Crippen molar-refractivity contribution < 1.29 is 45.4 Å². The molecule has 0 aromatic heterocycles. The number of nitrogens with zero attached hydrogens (tertiary/aromatic N) is 3. The molecule has 17 heteroatoms. The third-order valence-electron chi connectivity index (χ3n) is 5.59. The Morgan fingerprint density at radius 2 is 1.83 bits per heavy atom. The summed E-state index contributed by atoms with van der Waals surface area (Å²) in [5, 5.41) is 10.8. The minimum absolute atomic E-state index is 0.00523. The zero-order valence-corrected chi connectivity index (χ0v) is 20.4. The fourth-order valence-corrected chi connectivity index (χ4v) is 4.37. The SMILES string of the molecule is NC(=O)CN1CCC([C@@H]2C[C@H](S)CN2C(=O)OCc2ccc([N+](=O)[O-])cc2)C1.O=S(=O)(O)C(F)(F)F. The van der Waals surface area contributed by atoms with E-state index in [1.807, 2.05) is 4.90 Å². The highest BCUT2D eigenvalue weighted by molar-refractivity contribution is 7.86. The van der Waals surface area contributed by atoms with E-state index in [9.17, 15) is 32.9 Å². The number of nitro benzene ring substituents is 1. The number of carbonyl (C=O) groups excluding carboxylic acids is 2. The number of rotatable bonds is 6. The summed E-state index contributed by atoms with van der Waals surface area (Å²) in [5.41, 5.74) is 0.421. The van der Waals surface area contributed by atoms with Crippen LogP contribution in [0.2, 0.25) is 0 Å².